The van der Waals surface area contributed by atoms with Gasteiger partial charge in [0, 0.05) is 6.42 Å². The Balaban J connectivity index is 1.64. The molecule has 1 spiro atoms. The Morgan fingerprint density at radius 2 is 1.96 bits per heavy atom. The van der Waals surface area contributed by atoms with Crippen molar-refractivity contribution in [2.75, 3.05) is 11.9 Å². The standard InChI is InChI=1S/C13H14F3N5O3/c14-13(15,16)9-18-11(20-19-9)17-7(22)6-21-8(23)5-12(10(21)24)3-1-2-4-12/h1-6H2,(H2,17,18,19,20,22). The first-order valence-electron chi connectivity index (χ1n) is 7.35. The third-order valence-corrected chi connectivity index (χ3v) is 4.36. The molecule has 3 amide bonds. The summed E-state index contributed by atoms with van der Waals surface area (Å²) in [5, 5.41) is 6.93. The van der Waals surface area contributed by atoms with Crippen LogP contribution in [0.3, 0.4) is 0 Å². The Bertz CT molecular complexity index is 693. The number of hydrogen-bond acceptors (Lipinski definition) is 5. The minimum absolute atomic E-state index is 0.0813. The van der Waals surface area contributed by atoms with Crippen LogP contribution in [0.2, 0.25) is 0 Å². The lowest BCUT2D eigenvalue weighted by Crippen LogP contribution is -2.40. The van der Waals surface area contributed by atoms with Gasteiger partial charge in [-0.15, -0.1) is 5.10 Å². The number of carbonyl (C=O) groups is 3. The highest BCUT2D eigenvalue weighted by molar-refractivity contribution is 6.09. The van der Waals surface area contributed by atoms with Crippen LogP contribution in [0.15, 0.2) is 0 Å². The molecule has 0 radical (unpaired) electrons. The van der Waals surface area contributed by atoms with E-state index in [1.165, 1.54) is 0 Å². The second-order valence-electron chi connectivity index (χ2n) is 6.00. The van der Waals surface area contributed by atoms with Crippen molar-refractivity contribution >= 4 is 23.7 Å². The molecule has 0 atom stereocenters. The molecule has 2 heterocycles. The number of aromatic nitrogens is 3. The Morgan fingerprint density at radius 3 is 2.54 bits per heavy atom. The van der Waals surface area contributed by atoms with Gasteiger partial charge >= 0.3 is 6.18 Å². The molecule has 130 valence electrons. The van der Waals surface area contributed by atoms with Gasteiger partial charge in [-0.3, -0.25) is 29.7 Å². The fraction of sp³-hybridized carbons (Fsp3) is 0.615. The first-order valence-corrected chi connectivity index (χ1v) is 7.35. The number of carbonyl (C=O) groups excluding carboxylic acids is 3. The van der Waals surface area contributed by atoms with Crippen molar-refractivity contribution < 1.29 is 27.6 Å². The largest absolute Gasteiger partial charge is 0.451 e. The summed E-state index contributed by atoms with van der Waals surface area (Å²) < 4.78 is 37.2. The van der Waals surface area contributed by atoms with Crippen LogP contribution < -0.4 is 5.32 Å². The number of nitrogens with one attached hydrogen (secondary N) is 2. The van der Waals surface area contributed by atoms with E-state index in [4.69, 9.17) is 0 Å². The highest BCUT2D eigenvalue weighted by atomic mass is 19.4. The Hall–Kier alpha value is -2.46. The first kappa shape index (κ1) is 16.4. The van der Waals surface area contributed by atoms with Gasteiger partial charge in [-0.25, -0.2) is 0 Å². The van der Waals surface area contributed by atoms with Crippen LogP contribution in [0.1, 0.15) is 37.9 Å². The number of H-pyrrole nitrogens is 1. The van der Waals surface area contributed by atoms with Gasteiger partial charge in [-0.05, 0) is 12.8 Å². The number of anilines is 1. The van der Waals surface area contributed by atoms with Crippen LogP contribution >= 0.6 is 0 Å². The number of nitrogens with zero attached hydrogens (tertiary/aromatic N) is 3. The van der Waals surface area contributed by atoms with Gasteiger partial charge in [0.25, 0.3) is 0 Å². The van der Waals surface area contributed by atoms with Gasteiger partial charge in [0.1, 0.15) is 6.54 Å². The van der Waals surface area contributed by atoms with E-state index < -0.39 is 41.7 Å². The number of likely N-dealkylation sites (tertiary alicyclic amines) is 1. The van der Waals surface area contributed by atoms with Gasteiger partial charge in [0.05, 0.1) is 5.41 Å². The minimum Gasteiger partial charge on any atom is -0.292 e. The number of aromatic amines is 1. The van der Waals surface area contributed by atoms with Gasteiger partial charge in [0.2, 0.25) is 29.5 Å². The van der Waals surface area contributed by atoms with Gasteiger partial charge in [-0.2, -0.15) is 18.2 Å². The normalized spacial score (nSPS) is 20.2. The Labute approximate surface area is 133 Å². The molecule has 3 rings (SSSR count). The lowest BCUT2D eigenvalue weighted by atomic mass is 9.84. The molecule has 1 aliphatic heterocycles. The smallest absolute Gasteiger partial charge is 0.292 e. The number of rotatable bonds is 3. The van der Waals surface area contributed by atoms with E-state index in [2.05, 4.69) is 10.1 Å². The molecule has 0 unspecified atom stereocenters. The number of halogens is 3. The summed E-state index contributed by atoms with van der Waals surface area (Å²) in [7, 11) is 0. The molecule has 2 N–H and O–H groups in total. The van der Waals surface area contributed by atoms with Crippen LogP contribution in [0.4, 0.5) is 19.1 Å². The molecular weight excluding hydrogens is 331 g/mol. The molecular formula is C13H14F3N5O3. The second kappa shape index (κ2) is 5.56. The van der Waals surface area contributed by atoms with E-state index in [0.29, 0.717) is 12.8 Å². The predicted molar refractivity (Wildman–Crippen MR) is 72.3 cm³/mol. The van der Waals surface area contributed by atoms with Gasteiger partial charge in [-0.1, -0.05) is 12.8 Å². The molecule has 1 saturated heterocycles. The molecule has 1 aliphatic carbocycles. The van der Waals surface area contributed by atoms with E-state index in [1.807, 2.05) is 5.32 Å². The summed E-state index contributed by atoms with van der Waals surface area (Å²) in [5.74, 6) is -3.58. The summed E-state index contributed by atoms with van der Waals surface area (Å²) in [6, 6.07) is 0. The SMILES string of the molecule is O=C(CN1C(=O)CC2(CCCC2)C1=O)Nc1n[nH]c(C(F)(F)F)n1. The van der Waals surface area contributed by atoms with E-state index >= 15 is 0 Å². The van der Waals surface area contributed by atoms with Crippen molar-refractivity contribution in [1.82, 2.24) is 20.1 Å². The zero-order chi connectivity index (χ0) is 17.5. The summed E-state index contributed by atoms with van der Waals surface area (Å²) >= 11 is 0. The molecule has 0 aromatic carbocycles. The van der Waals surface area contributed by atoms with E-state index in [1.54, 1.807) is 5.10 Å². The zero-order valence-corrected chi connectivity index (χ0v) is 12.4. The maximum atomic E-state index is 12.4. The molecule has 8 nitrogen and oxygen atoms in total. The van der Waals surface area contributed by atoms with Crippen LogP contribution in [-0.4, -0.2) is 44.3 Å². The van der Waals surface area contributed by atoms with Gasteiger partial charge < -0.3 is 0 Å². The molecule has 24 heavy (non-hydrogen) atoms. The van der Waals surface area contributed by atoms with Crippen LogP contribution in [0.5, 0.6) is 0 Å². The number of alkyl halides is 3. The topological polar surface area (TPSA) is 108 Å². The number of amides is 3. The van der Waals surface area contributed by atoms with Crippen molar-refractivity contribution in [1.29, 1.82) is 0 Å². The summed E-state index contributed by atoms with van der Waals surface area (Å²) in [6.07, 6.45) is -1.69. The fourth-order valence-corrected chi connectivity index (χ4v) is 3.21. The lowest BCUT2D eigenvalue weighted by Gasteiger charge is -2.20. The zero-order valence-electron chi connectivity index (χ0n) is 12.4. The molecule has 2 aliphatic rings. The van der Waals surface area contributed by atoms with E-state index in [0.717, 1.165) is 17.7 Å². The summed E-state index contributed by atoms with van der Waals surface area (Å²) in [5.41, 5.74) is -0.703. The third-order valence-electron chi connectivity index (χ3n) is 4.36. The Morgan fingerprint density at radius 1 is 1.29 bits per heavy atom. The van der Waals surface area contributed by atoms with Crippen LogP contribution in [-0.2, 0) is 20.6 Å². The van der Waals surface area contributed by atoms with Crippen molar-refractivity contribution in [3.05, 3.63) is 5.82 Å². The van der Waals surface area contributed by atoms with E-state index in [-0.39, 0.29) is 12.3 Å². The maximum absolute atomic E-state index is 12.4. The maximum Gasteiger partial charge on any atom is 0.451 e. The fourth-order valence-electron chi connectivity index (χ4n) is 3.21. The predicted octanol–water partition coefficient (Wildman–Crippen LogP) is 1.08. The molecule has 0 bridgehead atoms. The highest BCUT2D eigenvalue weighted by Crippen LogP contribution is 2.46. The van der Waals surface area contributed by atoms with Crippen molar-refractivity contribution in [3.63, 3.8) is 0 Å². The molecule has 1 saturated carbocycles. The molecule has 1 aromatic rings. The van der Waals surface area contributed by atoms with Crippen molar-refractivity contribution in [3.8, 4) is 0 Å². The monoisotopic (exact) mass is 345 g/mol. The van der Waals surface area contributed by atoms with Gasteiger partial charge in [0.15, 0.2) is 0 Å². The van der Waals surface area contributed by atoms with Crippen molar-refractivity contribution in [2.45, 2.75) is 38.3 Å². The lowest BCUT2D eigenvalue weighted by molar-refractivity contribution is -0.145. The molecule has 11 heteroatoms. The summed E-state index contributed by atoms with van der Waals surface area (Å²) in [4.78, 5) is 40.3. The average molecular weight is 345 g/mol. The Kier molecular flexibility index (Phi) is 3.80. The number of hydrogen-bond donors (Lipinski definition) is 2. The van der Waals surface area contributed by atoms with Crippen LogP contribution in [0, 0.1) is 5.41 Å². The van der Waals surface area contributed by atoms with E-state index in [9.17, 15) is 27.6 Å². The van der Waals surface area contributed by atoms with Crippen molar-refractivity contribution in [2.24, 2.45) is 5.41 Å². The molecule has 2 fully saturated rings. The average Bonchev–Trinajstić information content (AvgIpc) is 3.17. The summed E-state index contributed by atoms with van der Waals surface area (Å²) in [6.45, 7) is -0.560. The third kappa shape index (κ3) is 2.85. The molecule has 1 aromatic heterocycles. The highest BCUT2D eigenvalue weighted by Gasteiger charge is 2.52. The quantitative estimate of drug-likeness (QED) is 0.797. The first-order chi connectivity index (χ1) is 11.2. The minimum atomic E-state index is -4.72. The number of imide groups is 1. The second-order valence-corrected chi connectivity index (χ2v) is 6.00. The van der Waals surface area contributed by atoms with Crippen LogP contribution in [0.25, 0.3) is 0 Å².